The lowest BCUT2D eigenvalue weighted by molar-refractivity contribution is -0.117. The number of carbonyl (C=O) groups excluding carboxylic acids is 1. The van der Waals surface area contributed by atoms with Crippen molar-refractivity contribution in [3.63, 3.8) is 0 Å². The van der Waals surface area contributed by atoms with Crippen molar-refractivity contribution in [2.24, 2.45) is 5.73 Å². The fourth-order valence-corrected chi connectivity index (χ4v) is 1.44. The first-order valence-corrected chi connectivity index (χ1v) is 5.65. The van der Waals surface area contributed by atoms with Crippen LogP contribution in [0, 0.1) is 0 Å². The Kier molecular flexibility index (Phi) is 5.51. The Bertz CT molecular complexity index is 399. The number of hydrogen-bond donors (Lipinski definition) is 2. The molecule has 0 heterocycles. The fourth-order valence-electron chi connectivity index (χ4n) is 1.44. The zero-order valence-corrected chi connectivity index (χ0v) is 10.0. The minimum atomic E-state index is -2.94. The molecule has 1 rings (SSSR count). The third-order valence-corrected chi connectivity index (χ3v) is 2.30. The maximum absolute atomic E-state index is 12.2. The van der Waals surface area contributed by atoms with E-state index in [9.17, 15) is 13.6 Å². The van der Waals surface area contributed by atoms with Gasteiger partial charge in [0.25, 0.3) is 0 Å². The third-order valence-electron chi connectivity index (χ3n) is 2.30. The van der Waals surface area contributed by atoms with Crippen LogP contribution in [0.3, 0.4) is 0 Å². The van der Waals surface area contributed by atoms with Crippen LogP contribution in [-0.2, 0) is 4.79 Å². The second kappa shape index (κ2) is 6.90. The molecule has 1 aromatic carbocycles. The molecule has 4 nitrogen and oxygen atoms in total. The summed E-state index contributed by atoms with van der Waals surface area (Å²) >= 11 is 0. The molecule has 0 unspecified atom stereocenters. The highest BCUT2D eigenvalue weighted by Gasteiger charge is 2.15. The van der Waals surface area contributed by atoms with Crippen molar-refractivity contribution in [2.75, 3.05) is 5.32 Å². The average molecular weight is 258 g/mol. The molecule has 1 aromatic rings. The smallest absolute Gasteiger partial charge is 0.387 e. The fraction of sp³-hybridized carbons (Fsp3) is 0.417. The van der Waals surface area contributed by atoms with E-state index in [-0.39, 0.29) is 11.4 Å². The Morgan fingerprint density at radius 2 is 2.11 bits per heavy atom. The number of benzene rings is 1. The van der Waals surface area contributed by atoms with Gasteiger partial charge in [0.2, 0.25) is 5.91 Å². The average Bonchev–Trinajstić information content (AvgIpc) is 2.31. The number of hydrogen-bond acceptors (Lipinski definition) is 3. The SMILES string of the molecule is CCC[C@@H](N)C(=O)Nc1ccccc1OC(F)F. The van der Waals surface area contributed by atoms with E-state index in [1.54, 1.807) is 12.1 Å². The largest absolute Gasteiger partial charge is 0.433 e. The number of para-hydroxylation sites is 2. The Balaban J connectivity index is 2.74. The number of anilines is 1. The minimum absolute atomic E-state index is 0.0791. The van der Waals surface area contributed by atoms with Crippen molar-refractivity contribution in [1.29, 1.82) is 0 Å². The topological polar surface area (TPSA) is 64.4 Å². The van der Waals surface area contributed by atoms with E-state index in [1.807, 2.05) is 6.92 Å². The molecular weight excluding hydrogens is 242 g/mol. The lowest BCUT2D eigenvalue weighted by Gasteiger charge is -2.14. The number of nitrogens with two attached hydrogens (primary N) is 1. The molecule has 0 bridgehead atoms. The van der Waals surface area contributed by atoms with Crippen LogP contribution >= 0.6 is 0 Å². The quantitative estimate of drug-likeness (QED) is 0.823. The van der Waals surface area contributed by atoms with E-state index in [0.29, 0.717) is 6.42 Å². The summed E-state index contributed by atoms with van der Waals surface area (Å²) in [7, 11) is 0. The summed E-state index contributed by atoms with van der Waals surface area (Å²) in [5.41, 5.74) is 5.82. The van der Waals surface area contributed by atoms with Crippen LogP contribution in [0.25, 0.3) is 0 Å². The summed E-state index contributed by atoms with van der Waals surface area (Å²) in [4.78, 5) is 11.7. The molecule has 0 aliphatic rings. The van der Waals surface area contributed by atoms with Gasteiger partial charge in [0.15, 0.2) is 0 Å². The standard InChI is InChI=1S/C12H16F2N2O2/c1-2-5-8(15)11(17)16-9-6-3-4-7-10(9)18-12(13)14/h3-4,6-8,12H,2,5,15H2,1H3,(H,16,17)/t8-/m1/s1. The molecule has 1 amide bonds. The van der Waals surface area contributed by atoms with E-state index in [1.165, 1.54) is 12.1 Å². The molecule has 6 heteroatoms. The van der Waals surface area contributed by atoms with Crippen molar-refractivity contribution in [2.45, 2.75) is 32.4 Å². The summed E-state index contributed by atoms with van der Waals surface area (Å²) in [5, 5.41) is 2.48. The van der Waals surface area contributed by atoms with Gasteiger partial charge in [-0.25, -0.2) is 0 Å². The van der Waals surface area contributed by atoms with Crippen LogP contribution in [0.15, 0.2) is 24.3 Å². The van der Waals surface area contributed by atoms with Gasteiger partial charge in [-0.3, -0.25) is 4.79 Å². The van der Waals surface area contributed by atoms with Crippen LogP contribution in [0.4, 0.5) is 14.5 Å². The molecule has 0 saturated carbocycles. The predicted molar refractivity (Wildman–Crippen MR) is 64.6 cm³/mol. The molecule has 0 radical (unpaired) electrons. The highest BCUT2D eigenvalue weighted by molar-refractivity contribution is 5.95. The molecule has 0 saturated heterocycles. The summed E-state index contributed by atoms with van der Waals surface area (Å²) in [6, 6.07) is 5.33. The molecule has 18 heavy (non-hydrogen) atoms. The number of amides is 1. The van der Waals surface area contributed by atoms with Crippen LogP contribution in [0.2, 0.25) is 0 Å². The zero-order valence-electron chi connectivity index (χ0n) is 10.0. The summed E-state index contributed by atoms with van der Waals surface area (Å²) in [6.45, 7) is -1.03. The number of halogens is 2. The maximum Gasteiger partial charge on any atom is 0.387 e. The lowest BCUT2D eigenvalue weighted by atomic mass is 10.1. The summed E-state index contributed by atoms with van der Waals surface area (Å²) in [6.07, 6.45) is 1.30. The van der Waals surface area contributed by atoms with Gasteiger partial charge in [0.1, 0.15) is 5.75 Å². The van der Waals surface area contributed by atoms with Gasteiger partial charge in [0, 0.05) is 0 Å². The van der Waals surface area contributed by atoms with Crippen LogP contribution in [0.5, 0.6) is 5.75 Å². The second-order valence-electron chi connectivity index (χ2n) is 3.76. The Morgan fingerprint density at radius 3 is 2.72 bits per heavy atom. The summed E-state index contributed by atoms with van der Waals surface area (Å²) < 4.78 is 28.6. The van der Waals surface area contributed by atoms with E-state index in [0.717, 1.165) is 6.42 Å². The van der Waals surface area contributed by atoms with Gasteiger partial charge < -0.3 is 15.8 Å². The van der Waals surface area contributed by atoms with Crippen molar-refractivity contribution < 1.29 is 18.3 Å². The van der Waals surface area contributed by atoms with Crippen LogP contribution in [0.1, 0.15) is 19.8 Å². The normalized spacial score (nSPS) is 12.3. The van der Waals surface area contributed by atoms with Gasteiger partial charge in [-0.05, 0) is 18.6 Å². The molecule has 0 aliphatic heterocycles. The third kappa shape index (κ3) is 4.29. The van der Waals surface area contributed by atoms with Crippen molar-refractivity contribution in [3.8, 4) is 5.75 Å². The number of rotatable bonds is 6. The van der Waals surface area contributed by atoms with Gasteiger partial charge in [-0.15, -0.1) is 0 Å². The molecule has 0 fully saturated rings. The number of alkyl halides is 2. The van der Waals surface area contributed by atoms with Gasteiger partial charge in [-0.1, -0.05) is 25.5 Å². The first-order chi connectivity index (χ1) is 8.54. The first-order valence-electron chi connectivity index (χ1n) is 5.65. The number of nitrogens with one attached hydrogen (secondary N) is 1. The van der Waals surface area contributed by atoms with Gasteiger partial charge >= 0.3 is 6.61 Å². The Morgan fingerprint density at radius 1 is 1.44 bits per heavy atom. The van der Waals surface area contributed by atoms with E-state index >= 15 is 0 Å². The maximum atomic E-state index is 12.2. The molecule has 0 aromatic heterocycles. The first kappa shape index (κ1) is 14.4. The summed E-state index contributed by atoms with van der Waals surface area (Å²) in [5.74, 6) is -0.494. The van der Waals surface area contributed by atoms with E-state index in [2.05, 4.69) is 10.1 Å². The second-order valence-corrected chi connectivity index (χ2v) is 3.76. The Hall–Kier alpha value is -1.69. The van der Waals surface area contributed by atoms with Crippen molar-refractivity contribution in [3.05, 3.63) is 24.3 Å². The van der Waals surface area contributed by atoms with Crippen molar-refractivity contribution >= 4 is 11.6 Å². The molecular formula is C12H16F2N2O2. The van der Waals surface area contributed by atoms with Crippen LogP contribution in [-0.4, -0.2) is 18.6 Å². The van der Waals surface area contributed by atoms with Crippen LogP contribution < -0.4 is 15.8 Å². The Labute approximate surface area is 104 Å². The zero-order chi connectivity index (χ0) is 13.5. The molecule has 3 N–H and O–H groups in total. The minimum Gasteiger partial charge on any atom is -0.433 e. The van der Waals surface area contributed by atoms with E-state index < -0.39 is 18.6 Å². The number of carbonyl (C=O) groups is 1. The van der Waals surface area contributed by atoms with E-state index in [4.69, 9.17) is 5.73 Å². The monoisotopic (exact) mass is 258 g/mol. The molecule has 1 atom stereocenters. The molecule has 100 valence electrons. The number of ether oxygens (including phenoxy) is 1. The van der Waals surface area contributed by atoms with Gasteiger partial charge in [-0.2, -0.15) is 8.78 Å². The lowest BCUT2D eigenvalue weighted by Crippen LogP contribution is -2.35. The highest BCUT2D eigenvalue weighted by Crippen LogP contribution is 2.25. The highest BCUT2D eigenvalue weighted by atomic mass is 19.3. The molecule has 0 spiro atoms. The van der Waals surface area contributed by atoms with Gasteiger partial charge in [0.05, 0.1) is 11.7 Å². The molecule has 0 aliphatic carbocycles. The van der Waals surface area contributed by atoms with Crippen molar-refractivity contribution in [1.82, 2.24) is 0 Å². The predicted octanol–water partition coefficient (Wildman–Crippen LogP) is 2.35.